The zero-order chi connectivity index (χ0) is 17.7. The summed E-state index contributed by atoms with van der Waals surface area (Å²) in [5.74, 6) is 0.425. The third-order valence-corrected chi connectivity index (χ3v) is 5.87. The number of carbonyl (C=O) groups excluding carboxylic acids is 1. The third kappa shape index (κ3) is 5.27. The van der Waals surface area contributed by atoms with Crippen molar-refractivity contribution in [2.45, 2.75) is 25.5 Å². The highest BCUT2D eigenvalue weighted by atomic mass is 32.2. The summed E-state index contributed by atoms with van der Waals surface area (Å²) in [7, 11) is -3.52. The zero-order valence-electron chi connectivity index (χ0n) is 14.1. The molecule has 1 N–H and O–H groups in total. The molecule has 0 unspecified atom stereocenters. The quantitative estimate of drug-likeness (QED) is 0.774. The Labute approximate surface area is 147 Å². The standard InChI is InChI=1S/C16H24N2O6S/c19-16(13-3-7-22-8-4-13)18-5-9-24-15(11-18)12-25(20,21)17-10-14-2-1-6-23-14/h1-2,6,13,15,17H,3-5,7-12H2/t15-/m0/s1. The molecular weight excluding hydrogens is 348 g/mol. The highest BCUT2D eigenvalue weighted by Crippen LogP contribution is 2.19. The molecule has 1 atom stereocenters. The summed E-state index contributed by atoms with van der Waals surface area (Å²) < 4.78 is 42.9. The van der Waals surface area contributed by atoms with E-state index < -0.39 is 16.1 Å². The summed E-state index contributed by atoms with van der Waals surface area (Å²) in [6, 6.07) is 3.40. The molecule has 0 aliphatic carbocycles. The van der Waals surface area contributed by atoms with E-state index in [1.54, 1.807) is 17.0 Å². The predicted octanol–water partition coefficient (Wildman–Crippen LogP) is 0.353. The first-order valence-electron chi connectivity index (χ1n) is 8.51. The van der Waals surface area contributed by atoms with Crippen LogP contribution in [0.1, 0.15) is 18.6 Å². The Morgan fingerprint density at radius 1 is 1.28 bits per heavy atom. The Bertz CT molecular complexity index is 654. The molecule has 1 aromatic rings. The van der Waals surface area contributed by atoms with Gasteiger partial charge in [-0.15, -0.1) is 0 Å². The topological polar surface area (TPSA) is 98.1 Å². The minimum atomic E-state index is -3.52. The molecule has 2 aliphatic rings. The van der Waals surface area contributed by atoms with Gasteiger partial charge in [-0.05, 0) is 25.0 Å². The van der Waals surface area contributed by atoms with Crippen LogP contribution in [0.25, 0.3) is 0 Å². The van der Waals surface area contributed by atoms with E-state index in [0.29, 0.717) is 38.7 Å². The molecular formula is C16H24N2O6S. The van der Waals surface area contributed by atoms with E-state index in [1.807, 2.05) is 0 Å². The largest absolute Gasteiger partial charge is 0.468 e. The SMILES string of the molecule is O=C(C1CCOCC1)N1CCO[C@H](CS(=O)(=O)NCc2ccco2)C1. The van der Waals surface area contributed by atoms with E-state index in [1.165, 1.54) is 6.26 Å². The zero-order valence-corrected chi connectivity index (χ0v) is 14.9. The smallest absolute Gasteiger partial charge is 0.226 e. The van der Waals surface area contributed by atoms with Crippen LogP contribution in [0, 0.1) is 5.92 Å². The van der Waals surface area contributed by atoms with Gasteiger partial charge in [-0.25, -0.2) is 13.1 Å². The van der Waals surface area contributed by atoms with Crippen LogP contribution in [-0.4, -0.2) is 64.0 Å². The lowest BCUT2D eigenvalue weighted by molar-refractivity contribution is -0.145. The fourth-order valence-electron chi connectivity index (χ4n) is 3.12. The van der Waals surface area contributed by atoms with E-state index in [-0.39, 0.29) is 24.1 Å². The van der Waals surface area contributed by atoms with Crippen LogP contribution in [-0.2, 0) is 30.8 Å². The van der Waals surface area contributed by atoms with Crippen molar-refractivity contribution in [3.8, 4) is 0 Å². The van der Waals surface area contributed by atoms with Gasteiger partial charge in [0.2, 0.25) is 15.9 Å². The number of hydrogen-bond donors (Lipinski definition) is 1. The molecule has 140 valence electrons. The third-order valence-electron chi connectivity index (χ3n) is 4.47. The molecule has 9 heteroatoms. The number of carbonyl (C=O) groups is 1. The molecule has 0 spiro atoms. The molecule has 1 amide bonds. The number of hydrogen-bond acceptors (Lipinski definition) is 6. The lowest BCUT2D eigenvalue weighted by atomic mass is 9.98. The van der Waals surface area contributed by atoms with Crippen molar-refractivity contribution in [2.24, 2.45) is 5.92 Å². The fraction of sp³-hybridized carbons (Fsp3) is 0.688. The van der Waals surface area contributed by atoms with E-state index in [4.69, 9.17) is 13.9 Å². The number of sulfonamides is 1. The normalized spacial score (nSPS) is 22.9. The van der Waals surface area contributed by atoms with Gasteiger partial charge in [0.1, 0.15) is 5.76 Å². The first-order valence-corrected chi connectivity index (χ1v) is 10.2. The van der Waals surface area contributed by atoms with Gasteiger partial charge in [-0.2, -0.15) is 0 Å². The Morgan fingerprint density at radius 3 is 2.80 bits per heavy atom. The van der Waals surface area contributed by atoms with Gasteiger partial charge in [0.05, 0.1) is 31.3 Å². The number of nitrogens with zero attached hydrogens (tertiary/aromatic N) is 1. The average molecular weight is 372 g/mol. The second kappa shape index (κ2) is 8.31. The van der Waals surface area contributed by atoms with E-state index >= 15 is 0 Å². The molecule has 8 nitrogen and oxygen atoms in total. The average Bonchev–Trinajstić information content (AvgIpc) is 3.14. The van der Waals surface area contributed by atoms with Crippen molar-refractivity contribution in [1.82, 2.24) is 9.62 Å². The van der Waals surface area contributed by atoms with Crippen LogP contribution in [0.5, 0.6) is 0 Å². The highest BCUT2D eigenvalue weighted by molar-refractivity contribution is 7.89. The molecule has 2 aliphatic heterocycles. The van der Waals surface area contributed by atoms with Gasteiger partial charge in [0.25, 0.3) is 0 Å². The predicted molar refractivity (Wildman–Crippen MR) is 89.2 cm³/mol. The Balaban J connectivity index is 1.51. The van der Waals surface area contributed by atoms with E-state index in [2.05, 4.69) is 4.72 Å². The number of furan rings is 1. The first-order chi connectivity index (χ1) is 12.0. The molecule has 2 saturated heterocycles. The maximum Gasteiger partial charge on any atom is 0.226 e. The van der Waals surface area contributed by atoms with Crippen molar-refractivity contribution in [3.05, 3.63) is 24.2 Å². The molecule has 25 heavy (non-hydrogen) atoms. The van der Waals surface area contributed by atoms with Gasteiger partial charge in [0, 0.05) is 32.2 Å². The lowest BCUT2D eigenvalue weighted by Crippen LogP contribution is -2.51. The van der Waals surface area contributed by atoms with E-state index in [9.17, 15) is 13.2 Å². The summed E-state index contributed by atoms with van der Waals surface area (Å²) in [5, 5.41) is 0. The van der Waals surface area contributed by atoms with Crippen molar-refractivity contribution < 1.29 is 27.1 Å². The number of morpholine rings is 1. The van der Waals surface area contributed by atoms with Gasteiger partial charge in [-0.3, -0.25) is 4.79 Å². The molecule has 3 heterocycles. The minimum absolute atomic E-state index is 0.0267. The van der Waals surface area contributed by atoms with Crippen LogP contribution >= 0.6 is 0 Å². The molecule has 0 aromatic carbocycles. The van der Waals surface area contributed by atoms with Crippen molar-refractivity contribution in [1.29, 1.82) is 0 Å². The summed E-state index contributed by atoms with van der Waals surface area (Å²) in [4.78, 5) is 14.3. The van der Waals surface area contributed by atoms with Crippen LogP contribution in [0.2, 0.25) is 0 Å². The Kier molecular flexibility index (Phi) is 6.10. The van der Waals surface area contributed by atoms with Crippen molar-refractivity contribution >= 4 is 15.9 Å². The molecule has 0 bridgehead atoms. The molecule has 3 rings (SSSR count). The second-order valence-electron chi connectivity index (χ2n) is 6.35. The van der Waals surface area contributed by atoms with Crippen LogP contribution in [0.3, 0.4) is 0 Å². The van der Waals surface area contributed by atoms with Gasteiger partial charge < -0.3 is 18.8 Å². The minimum Gasteiger partial charge on any atom is -0.468 e. The summed E-state index contributed by atoms with van der Waals surface area (Å²) >= 11 is 0. The molecule has 0 radical (unpaired) electrons. The Hall–Kier alpha value is -1.42. The van der Waals surface area contributed by atoms with Crippen LogP contribution in [0.4, 0.5) is 0 Å². The van der Waals surface area contributed by atoms with Gasteiger partial charge in [-0.1, -0.05) is 0 Å². The van der Waals surface area contributed by atoms with Crippen LogP contribution < -0.4 is 4.72 Å². The first kappa shape index (κ1) is 18.4. The lowest BCUT2D eigenvalue weighted by Gasteiger charge is -2.35. The molecule has 0 saturated carbocycles. The van der Waals surface area contributed by atoms with Crippen molar-refractivity contribution in [3.63, 3.8) is 0 Å². The summed E-state index contributed by atoms with van der Waals surface area (Å²) in [6.45, 7) is 2.48. The van der Waals surface area contributed by atoms with Gasteiger partial charge >= 0.3 is 0 Å². The maximum atomic E-state index is 12.6. The van der Waals surface area contributed by atoms with Gasteiger partial charge in [0.15, 0.2) is 0 Å². The Morgan fingerprint density at radius 2 is 2.08 bits per heavy atom. The fourth-order valence-corrected chi connectivity index (χ4v) is 4.29. The van der Waals surface area contributed by atoms with Crippen molar-refractivity contribution in [2.75, 3.05) is 38.7 Å². The number of amides is 1. The number of ether oxygens (including phenoxy) is 2. The van der Waals surface area contributed by atoms with Crippen LogP contribution in [0.15, 0.2) is 22.8 Å². The number of rotatable bonds is 6. The summed E-state index contributed by atoms with van der Waals surface area (Å²) in [5.41, 5.74) is 0. The highest BCUT2D eigenvalue weighted by Gasteiger charge is 2.32. The second-order valence-corrected chi connectivity index (χ2v) is 8.20. The number of nitrogens with one attached hydrogen (secondary N) is 1. The monoisotopic (exact) mass is 372 g/mol. The summed E-state index contributed by atoms with van der Waals surface area (Å²) in [6.07, 6.45) is 2.42. The molecule has 1 aromatic heterocycles. The maximum absolute atomic E-state index is 12.6. The molecule has 2 fully saturated rings. The van der Waals surface area contributed by atoms with E-state index in [0.717, 1.165) is 12.8 Å².